The van der Waals surface area contributed by atoms with Crippen molar-refractivity contribution in [1.82, 2.24) is 25.1 Å². The number of hydrogen-bond acceptors (Lipinski definition) is 5. The van der Waals surface area contributed by atoms with Crippen LogP contribution in [0.1, 0.15) is 21.6 Å². The third-order valence-electron chi connectivity index (χ3n) is 5.11. The van der Waals surface area contributed by atoms with E-state index in [9.17, 15) is 9.18 Å². The van der Waals surface area contributed by atoms with Gasteiger partial charge in [0, 0.05) is 18.3 Å². The van der Waals surface area contributed by atoms with Crippen LogP contribution in [-0.2, 0) is 6.42 Å². The highest BCUT2D eigenvalue weighted by Crippen LogP contribution is 2.28. The quantitative estimate of drug-likeness (QED) is 0.482. The smallest absolute Gasteiger partial charge is 0.254 e. The van der Waals surface area contributed by atoms with Crippen LogP contribution in [-0.4, -0.2) is 39.3 Å². The van der Waals surface area contributed by atoms with E-state index in [4.69, 9.17) is 4.74 Å². The molecule has 1 amide bonds. The predicted octanol–water partition coefficient (Wildman–Crippen LogP) is 3.76. The standard InChI is InChI=1S/C24H22FN5O2/c1-16-19(23(31)26-13-11-17-7-3-5-9-20(17)25)15-28-30(16)24-27-14-12-21(29-24)18-8-4-6-10-22(18)32-2/h3-10,12,14-15H,11,13H2,1-2H3,(H,26,31). The Hall–Kier alpha value is -4.07. The lowest BCUT2D eigenvalue weighted by molar-refractivity contribution is 0.0953. The van der Waals surface area contributed by atoms with Gasteiger partial charge in [-0.3, -0.25) is 4.79 Å². The molecule has 0 atom stereocenters. The molecule has 2 aromatic heterocycles. The van der Waals surface area contributed by atoms with Crippen LogP contribution in [0.2, 0.25) is 0 Å². The van der Waals surface area contributed by atoms with E-state index in [-0.39, 0.29) is 11.7 Å². The molecule has 0 spiro atoms. The number of carbonyl (C=O) groups is 1. The average molecular weight is 431 g/mol. The van der Waals surface area contributed by atoms with E-state index in [1.807, 2.05) is 24.3 Å². The first-order valence-corrected chi connectivity index (χ1v) is 10.1. The highest BCUT2D eigenvalue weighted by atomic mass is 19.1. The van der Waals surface area contributed by atoms with E-state index in [0.29, 0.717) is 47.2 Å². The number of aromatic nitrogens is 4. The lowest BCUT2D eigenvalue weighted by Crippen LogP contribution is -2.26. The molecule has 32 heavy (non-hydrogen) atoms. The van der Waals surface area contributed by atoms with Crippen molar-refractivity contribution in [2.24, 2.45) is 0 Å². The normalized spacial score (nSPS) is 10.7. The summed E-state index contributed by atoms with van der Waals surface area (Å²) < 4.78 is 20.7. The van der Waals surface area contributed by atoms with Gasteiger partial charge in [-0.1, -0.05) is 30.3 Å². The Morgan fingerprint density at radius 3 is 2.72 bits per heavy atom. The molecule has 1 N–H and O–H groups in total. The molecule has 0 bridgehead atoms. The van der Waals surface area contributed by atoms with Gasteiger partial charge in [-0.2, -0.15) is 5.10 Å². The molecule has 4 aromatic rings. The Balaban J connectivity index is 1.51. The molecule has 2 aromatic carbocycles. The van der Waals surface area contributed by atoms with E-state index in [2.05, 4.69) is 20.4 Å². The SMILES string of the molecule is COc1ccccc1-c1ccnc(-n2ncc(C(=O)NCCc3ccccc3F)c2C)n1. The van der Waals surface area contributed by atoms with Crippen molar-refractivity contribution in [3.63, 3.8) is 0 Å². The largest absolute Gasteiger partial charge is 0.496 e. The van der Waals surface area contributed by atoms with Gasteiger partial charge in [0.25, 0.3) is 11.9 Å². The summed E-state index contributed by atoms with van der Waals surface area (Å²) in [5, 5.41) is 7.12. The molecule has 0 radical (unpaired) electrons. The van der Waals surface area contributed by atoms with Gasteiger partial charge in [-0.15, -0.1) is 0 Å². The van der Waals surface area contributed by atoms with Crippen LogP contribution in [0.5, 0.6) is 5.75 Å². The zero-order valence-electron chi connectivity index (χ0n) is 17.7. The number of rotatable bonds is 7. The van der Waals surface area contributed by atoms with Gasteiger partial charge in [0.15, 0.2) is 0 Å². The summed E-state index contributed by atoms with van der Waals surface area (Å²) in [5.74, 6) is 0.476. The molecule has 0 aliphatic rings. The molecule has 0 unspecified atom stereocenters. The van der Waals surface area contributed by atoms with Crippen molar-refractivity contribution in [3.05, 3.63) is 89.6 Å². The van der Waals surface area contributed by atoms with Gasteiger partial charge in [0.2, 0.25) is 0 Å². The number of para-hydroxylation sites is 1. The number of nitrogens with one attached hydrogen (secondary N) is 1. The molecule has 0 fully saturated rings. The number of methoxy groups -OCH3 is 1. The van der Waals surface area contributed by atoms with Gasteiger partial charge < -0.3 is 10.1 Å². The number of nitrogens with zero attached hydrogens (tertiary/aromatic N) is 4. The zero-order chi connectivity index (χ0) is 22.5. The third kappa shape index (κ3) is 4.34. The van der Waals surface area contributed by atoms with Gasteiger partial charge in [-0.25, -0.2) is 19.0 Å². The van der Waals surface area contributed by atoms with Gasteiger partial charge >= 0.3 is 0 Å². The molecule has 0 aliphatic carbocycles. The molecule has 7 nitrogen and oxygen atoms in total. The second-order valence-corrected chi connectivity index (χ2v) is 7.09. The van der Waals surface area contributed by atoms with Crippen LogP contribution in [0.4, 0.5) is 4.39 Å². The van der Waals surface area contributed by atoms with Crippen LogP contribution in [0.25, 0.3) is 17.2 Å². The molecular formula is C24H22FN5O2. The van der Waals surface area contributed by atoms with E-state index in [0.717, 1.165) is 5.56 Å². The molecule has 8 heteroatoms. The monoisotopic (exact) mass is 431 g/mol. The topological polar surface area (TPSA) is 81.9 Å². The minimum Gasteiger partial charge on any atom is -0.496 e. The van der Waals surface area contributed by atoms with E-state index in [1.165, 1.54) is 16.9 Å². The fourth-order valence-corrected chi connectivity index (χ4v) is 3.40. The first-order chi connectivity index (χ1) is 15.6. The van der Waals surface area contributed by atoms with Gasteiger partial charge in [-0.05, 0) is 43.2 Å². The second kappa shape index (κ2) is 9.38. The third-order valence-corrected chi connectivity index (χ3v) is 5.11. The molecule has 162 valence electrons. The van der Waals surface area contributed by atoms with Crippen molar-refractivity contribution in [3.8, 4) is 23.0 Å². The summed E-state index contributed by atoms with van der Waals surface area (Å²) in [4.78, 5) is 21.6. The average Bonchev–Trinajstić information content (AvgIpc) is 3.21. The summed E-state index contributed by atoms with van der Waals surface area (Å²) >= 11 is 0. The number of carbonyl (C=O) groups excluding carboxylic acids is 1. The molecule has 4 rings (SSSR count). The van der Waals surface area contributed by atoms with Gasteiger partial charge in [0.1, 0.15) is 11.6 Å². The fraction of sp³-hybridized carbons (Fsp3) is 0.167. The lowest BCUT2D eigenvalue weighted by atomic mass is 10.1. The van der Waals surface area contributed by atoms with Crippen LogP contribution < -0.4 is 10.1 Å². The van der Waals surface area contributed by atoms with Crippen molar-refractivity contribution in [2.45, 2.75) is 13.3 Å². The predicted molar refractivity (Wildman–Crippen MR) is 118 cm³/mol. The maximum atomic E-state index is 13.7. The summed E-state index contributed by atoms with van der Waals surface area (Å²) in [6.07, 6.45) is 3.52. The van der Waals surface area contributed by atoms with Crippen LogP contribution in [0, 0.1) is 12.7 Å². The molecule has 0 saturated carbocycles. The number of halogens is 1. The minimum atomic E-state index is -0.286. The minimum absolute atomic E-state index is 0.280. The Labute approximate surface area is 184 Å². The summed E-state index contributed by atoms with van der Waals surface area (Å²) in [5.41, 5.74) is 3.07. The number of ether oxygens (including phenoxy) is 1. The van der Waals surface area contributed by atoms with E-state index >= 15 is 0 Å². The zero-order valence-corrected chi connectivity index (χ0v) is 17.7. The van der Waals surface area contributed by atoms with E-state index < -0.39 is 0 Å². The van der Waals surface area contributed by atoms with Crippen molar-refractivity contribution < 1.29 is 13.9 Å². The van der Waals surface area contributed by atoms with Crippen LogP contribution in [0.3, 0.4) is 0 Å². The van der Waals surface area contributed by atoms with Crippen LogP contribution >= 0.6 is 0 Å². The molecular weight excluding hydrogens is 409 g/mol. The highest BCUT2D eigenvalue weighted by molar-refractivity contribution is 5.95. The fourth-order valence-electron chi connectivity index (χ4n) is 3.40. The maximum absolute atomic E-state index is 13.7. The lowest BCUT2D eigenvalue weighted by Gasteiger charge is -2.09. The Kier molecular flexibility index (Phi) is 6.21. The van der Waals surface area contributed by atoms with E-state index in [1.54, 1.807) is 44.5 Å². The number of benzene rings is 2. The van der Waals surface area contributed by atoms with Gasteiger partial charge in [0.05, 0.1) is 30.3 Å². The first-order valence-electron chi connectivity index (χ1n) is 10.1. The Morgan fingerprint density at radius 1 is 1.12 bits per heavy atom. The number of amides is 1. The highest BCUT2D eigenvalue weighted by Gasteiger charge is 2.17. The molecule has 0 saturated heterocycles. The van der Waals surface area contributed by atoms with Crippen LogP contribution in [0.15, 0.2) is 67.0 Å². The van der Waals surface area contributed by atoms with Crippen molar-refractivity contribution >= 4 is 5.91 Å². The first kappa shape index (κ1) is 21.2. The summed E-state index contributed by atoms with van der Waals surface area (Å²) in [7, 11) is 1.61. The number of hydrogen-bond donors (Lipinski definition) is 1. The summed E-state index contributed by atoms with van der Waals surface area (Å²) in [6.45, 7) is 2.09. The maximum Gasteiger partial charge on any atom is 0.254 e. The Morgan fingerprint density at radius 2 is 1.91 bits per heavy atom. The van der Waals surface area contributed by atoms with Crippen molar-refractivity contribution in [1.29, 1.82) is 0 Å². The molecule has 2 heterocycles. The second-order valence-electron chi connectivity index (χ2n) is 7.09. The molecule has 0 aliphatic heterocycles. The van der Waals surface area contributed by atoms with Crippen molar-refractivity contribution in [2.75, 3.05) is 13.7 Å². The Bertz CT molecular complexity index is 1250. The summed E-state index contributed by atoms with van der Waals surface area (Å²) in [6, 6.07) is 15.9.